The number of aryl methyl sites for hydroxylation is 1. The lowest BCUT2D eigenvalue weighted by atomic mass is 10.2. The van der Waals surface area contributed by atoms with Crippen molar-refractivity contribution in [1.82, 2.24) is 19.7 Å². The maximum absolute atomic E-state index is 8.75. The van der Waals surface area contributed by atoms with Gasteiger partial charge in [-0.1, -0.05) is 23.4 Å². The first kappa shape index (κ1) is 12.1. The number of amidine groups is 1. The smallest absolute Gasteiger partial charge is 0.252 e. The third-order valence-electron chi connectivity index (χ3n) is 2.88. The molecule has 3 aromatic rings. The van der Waals surface area contributed by atoms with Gasteiger partial charge in [-0.25, -0.2) is 9.97 Å². The number of aromatic nitrogens is 4. The fraction of sp³-hybridized carbons (Fsp3) is 0.0769. The largest absolute Gasteiger partial charge is 0.409 e. The highest BCUT2D eigenvalue weighted by molar-refractivity contribution is 5.95. The number of nitrogens with zero attached hydrogens (tertiary/aromatic N) is 5. The van der Waals surface area contributed by atoms with Crippen LogP contribution < -0.4 is 5.73 Å². The summed E-state index contributed by atoms with van der Waals surface area (Å²) in [4.78, 5) is 8.61. The summed E-state index contributed by atoms with van der Waals surface area (Å²) in [6, 6.07) is 9.38. The normalized spacial score (nSPS) is 11.9. The Morgan fingerprint density at radius 3 is 2.90 bits per heavy atom. The van der Waals surface area contributed by atoms with Crippen molar-refractivity contribution >= 4 is 16.7 Å². The van der Waals surface area contributed by atoms with Crippen molar-refractivity contribution in [3.8, 4) is 5.95 Å². The Labute approximate surface area is 114 Å². The van der Waals surface area contributed by atoms with E-state index in [4.69, 9.17) is 10.9 Å². The Bertz CT molecular complexity index is 807. The lowest BCUT2D eigenvalue weighted by Crippen LogP contribution is -2.17. The molecule has 0 radical (unpaired) electrons. The molecule has 0 saturated heterocycles. The molecule has 0 unspecified atom stereocenters. The highest BCUT2D eigenvalue weighted by Crippen LogP contribution is 2.16. The van der Waals surface area contributed by atoms with E-state index in [9.17, 15) is 0 Å². The summed E-state index contributed by atoms with van der Waals surface area (Å²) in [5, 5.41) is 17.0. The van der Waals surface area contributed by atoms with Crippen molar-refractivity contribution in [2.75, 3.05) is 0 Å². The first-order valence-electron chi connectivity index (χ1n) is 5.96. The van der Waals surface area contributed by atoms with E-state index in [2.05, 4.69) is 20.2 Å². The summed E-state index contributed by atoms with van der Waals surface area (Å²) >= 11 is 0. The van der Waals surface area contributed by atoms with E-state index < -0.39 is 0 Å². The van der Waals surface area contributed by atoms with Crippen molar-refractivity contribution in [3.63, 3.8) is 0 Å². The minimum Gasteiger partial charge on any atom is -0.409 e. The van der Waals surface area contributed by atoms with Crippen LogP contribution in [-0.2, 0) is 0 Å². The molecule has 2 heterocycles. The van der Waals surface area contributed by atoms with E-state index in [1.165, 1.54) is 0 Å². The van der Waals surface area contributed by atoms with Gasteiger partial charge < -0.3 is 10.9 Å². The summed E-state index contributed by atoms with van der Waals surface area (Å²) in [5.74, 6) is 0.320. The third-order valence-corrected chi connectivity index (χ3v) is 2.88. The zero-order chi connectivity index (χ0) is 14.1. The molecule has 7 heteroatoms. The Balaban J connectivity index is 2.22. The first-order valence-corrected chi connectivity index (χ1v) is 5.96. The molecule has 0 aliphatic rings. The van der Waals surface area contributed by atoms with Crippen LogP contribution in [0.5, 0.6) is 0 Å². The summed E-state index contributed by atoms with van der Waals surface area (Å²) in [6.45, 7) is 1.81. The average molecular weight is 268 g/mol. The summed E-state index contributed by atoms with van der Waals surface area (Å²) in [7, 11) is 0. The quantitative estimate of drug-likeness (QED) is 0.315. The van der Waals surface area contributed by atoms with Crippen molar-refractivity contribution in [1.29, 1.82) is 0 Å². The van der Waals surface area contributed by atoms with Crippen LogP contribution in [0, 0.1) is 6.92 Å². The minimum absolute atomic E-state index is 0.0618. The number of fused-ring (bicyclic) bond motifs is 1. The zero-order valence-electron chi connectivity index (χ0n) is 10.7. The minimum atomic E-state index is -0.0618. The van der Waals surface area contributed by atoms with Crippen molar-refractivity contribution in [3.05, 3.63) is 47.9 Å². The van der Waals surface area contributed by atoms with Gasteiger partial charge in [-0.3, -0.25) is 0 Å². The van der Waals surface area contributed by atoms with E-state index in [0.29, 0.717) is 17.3 Å². The Morgan fingerprint density at radius 1 is 1.30 bits per heavy atom. The topological polar surface area (TPSA) is 102 Å². The van der Waals surface area contributed by atoms with Crippen LogP contribution in [-0.4, -0.2) is 30.8 Å². The fourth-order valence-electron chi connectivity index (χ4n) is 1.96. The molecule has 3 rings (SSSR count). The van der Waals surface area contributed by atoms with Gasteiger partial charge in [0.25, 0.3) is 5.95 Å². The van der Waals surface area contributed by atoms with Crippen LogP contribution in [0.15, 0.2) is 41.7 Å². The molecule has 0 aliphatic carbocycles. The number of rotatable bonds is 2. The van der Waals surface area contributed by atoms with E-state index in [1.54, 1.807) is 16.9 Å². The lowest BCUT2D eigenvalue weighted by Gasteiger charge is -2.05. The number of hydrogen-bond donors (Lipinski definition) is 2. The molecule has 0 amide bonds. The predicted molar refractivity (Wildman–Crippen MR) is 73.9 cm³/mol. The fourth-order valence-corrected chi connectivity index (χ4v) is 1.96. The van der Waals surface area contributed by atoms with Gasteiger partial charge in [0.2, 0.25) is 0 Å². The van der Waals surface area contributed by atoms with Gasteiger partial charge in [0.05, 0.1) is 11.7 Å². The number of hydrogen-bond acceptors (Lipinski definition) is 5. The van der Waals surface area contributed by atoms with Crippen LogP contribution in [0.25, 0.3) is 16.9 Å². The maximum atomic E-state index is 8.75. The van der Waals surface area contributed by atoms with Crippen LogP contribution in [0.2, 0.25) is 0 Å². The van der Waals surface area contributed by atoms with Crippen LogP contribution >= 0.6 is 0 Å². The molecule has 2 aromatic heterocycles. The second-order valence-corrected chi connectivity index (χ2v) is 4.29. The molecule has 0 aliphatic heterocycles. The molecule has 1 aromatic carbocycles. The van der Waals surface area contributed by atoms with Gasteiger partial charge in [-0.05, 0) is 19.1 Å². The highest BCUT2D eigenvalue weighted by atomic mass is 16.4. The molecule has 0 saturated carbocycles. The van der Waals surface area contributed by atoms with Gasteiger partial charge >= 0.3 is 0 Å². The predicted octanol–water partition coefficient (Wildman–Crippen LogP) is 1.22. The van der Waals surface area contributed by atoms with Crippen LogP contribution in [0.4, 0.5) is 0 Å². The molecule has 7 nitrogen and oxygen atoms in total. The SMILES string of the molecule is Cc1cc(/C(N)=N/O)nc(-n2ncc3ccccc32)n1. The summed E-state index contributed by atoms with van der Waals surface area (Å²) < 4.78 is 1.62. The Hall–Kier alpha value is -2.96. The van der Waals surface area contributed by atoms with E-state index >= 15 is 0 Å². The maximum Gasteiger partial charge on any atom is 0.252 e. The molecular formula is C13H12N6O. The molecule has 20 heavy (non-hydrogen) atoms. The summed E-state index contributed by atoms with van der Waals surface area (Å²) in [6.07, 6.45) is 1.74. The number of benzene rings is 1. The molecule has 0 atom stereocenters. The second kappa shape index (κ2) is 4.61. The van der Waals surface area contributed by atoms with Crippen molar-refractivity contribution in [2.45, 2.75) is 6.92 Å². The number of para-hydroxylation sites is 1. The van der Waals surface area contributed by atoms with E-state index in [1.807, 2.05) is 31.2 Å². The van der Waals surface area contributed by atoms with Crippen LogP contribution in [0.1, 0.15) is 11.4 Å². The average Bonchev–Trinajstić information content (AvgIpc) is 2.89. The molecule has 0 fully saturated rings. The second-order valence-electron chi connectivity index (χ2n) is 4.29. The van der Waals surface area contributed by atoms with E-state index in [-0.39, 0.29) is 5.84 Å². The standard InChI is InChI=1S/C13H12N6O/c1-8-6-10(12(14)18-20)17-13(16-8)19-11-5-3-2-4-9(11)7-15-19/h2-7,20H,1H3,(H2,14,18). The first-order chi connectivity index (χ1) is 9.69. The van der Waals surface area contributed by atoms with Crippen molar-refractivity contribution < 1.29 is 5.21 Å². The molecule has 0 spiro atoms. The molecule has 0 bridgehead atoms. The van der Waals surface area contributed by atoms with E-state index in [0.717, 1.165) is 10.9 Å². The number of nitrogens with two attached hydrogens (primary N) is 1. The molecular weight excluding hydrogens is 256 g/mol. The van der Waals surface area contributed by atoms with Gasteiger partial charge in [-0.2, -0.15) is 9.78 Å². The van der Waals surface area contributed by atoms with Crippen molar-refractivity contribution in [2.24, 2.45) is 10.9 Å². The van der Waals surface area contributed by atoms with Gasteiger partial charge in [0.1, 0.15) is 5.69 Å². The molecule has 100 valence electrons. The number of oxime groups is 1. The van der Waals surface area contributed by atoms with Gasteiger partial charge in [-0.15, -0.1) is 0 Å². The van der Waals surface area contributed by atoms with Crippen LogP contribution in [0.3, 0.4) is 0 Å². The Kier molecular flexibility index (Phi) is 2.79. The summed E-state index contributed by atoms with van der Waals surface area (Å²) in [5.41, 5.74) is 7.53. The monoisotopic (exact) mass is 268 g/mol. The van der Waals surface area contributed by atoms with Gasteiger partial charge in [0.15, 0.2) is 5.84 Å². The van der Waals surface area contributed by atoms with Gasteiger partial charge in [0, 0.05) is 11.1 Å². The Morgan fingerprint density at radius 2 is 2.10 bits per heavy atom. The highest BCUT2D eigenvalue weighted by Gasteiger charge is 2.11. The third kappa shape index (κ3) is 1.95. The zero-order valence-corrected chi connectivity index (χ0v) is 10.7. The lowest BCUT2D eigenvalue weighted by molar-refractivity contribution is 0.318. The molecule has 3 N–H and O–H groups in total.